The van der Waals surface area contributed by atoms with Crippen LogP contribution in [0.25, 0.3) is 10.9 Å². The summed E-state index contributed by atoms with van der Waals surface area (Å²) < 4.78 is 18.5. The van der Waals surface area contributed by atoms with Gasteiger partial charge < -0.3 is 31.5 Å². The van der Waals surface area contributed by atoms with Crippen LogP contribution in [0.4, 0.5) is 27.3 Å². The summed E-state index contributed by atoms with van der Waals surface area (Å²) in [6.07, 6.45) is 0.585. The molecule has 0 fully saturated rings. The molecule has 0 saturated heterocycles. The first-order valence-corrected chi connectivity index (χ1v) is 14.8. The van der Waals surface area contributed by atoms with E-state index in [2.05, 4.69) is 20.2 Å². The van der Waals surface area contributed by atoms with E-state index in [0.29, 0.717) is 46.2 Å². The molecule has 14 heteroatoms. The zero-order valence-corrected chi connectivity index (χ0v) is 26.3. The quantitative estimate of drug-likeness (QED) is 0.0992. The van der Waals surface area contributed by atoms with Gasteiger partial charge in [0, 0.05) is 47.7 Å². The molecule has 234 valence electrons. The van der Waals surface area contributed by atoms with Crippen LogP contribution in [0, 0.1) is 5.82 Å². The van der Waals surface area contributed by atoms with Crippen LogP contribution in [-0.4, -0.2) is 58.9 Å². The number of benzene rings is 3. The number of ether oxygens (including phenoxy) is 1. The molecule has 1 atom stereocenters. The van der Waals surface area contributed by atoms with Crippen LogP contribution in [0.1, 0.15) is 35.4 Å². The molecular formula is C30H32Cl3FN6O4. The van der Waals surface area contributed by atoms with Gasteiger partial charge in [0.05, 0.1) is 29.3 Å². The highest BCUT2D eigenvalue weighted by atomic mass is 35.5. The second-order valence-electron chi connectivity index (χ2n) is 9.38. The van der Waals surface area contributed by atoms with Gasteiger partial charge >= 0.3 is 5.97 Å². The van der Waals surface area contributed by atoms with Crippen LogP contribution in [-0.2, 0) is 4.79 Å². The normalized spacial score (nSPS) is 11.3. The second-order valence-corrected chi connectivity index (χ2v) is 10.5. The maximum absolute atomic E-state index is 13.3. The molecule has 1 heterocycles. The summed E-state index contributed by atoms with van der Waals surface area (Å²) in [6, 6.07) is 14.8. The van der Waals surface area contributed by atoms with Crippen LogP contribution in [0.2, 0.25) is 5.02 Å². The highest BCUT2D eigenvalue weighted by Gasteiger charge is 2.18. The number of halogens is 4. The lowest BCUT2D eigenvalue weighted by Gasteiger charge is -2.23. The van der Waals surface area contributed by atoms with Gasteiger partial charge in [0.1, 0.15) is 17.4 Å². The zero-order chi connectivity index (χ0) is 32.4. The van der Waals surface area contributed by atoms with Gasteiger partial charge in [-0.1, -0.05) is 30.7 Å². The average Bonchev–Trinajstić information content (AvgIpc) is 2.99. The number of primary amides is 1. The molecule has 0 saturated carbocycles. The van der Waals surface area contributed by atoms with Gasteiger partial charge in [-0.15, -0.1) is 23.2 Å². The standard InChI is InChI=1S/C16H13ClFN5O2.C14H19Cl2NO2/c1-25-13-6-12-8(5-11(13)19)15(23-16(22-12)14(20)24)21-7-2-3-10(18)9(17)4-7;1-2-13(14(18)19)11-3-5-12(6-4-11)17(9-7-15)10-8-16/h2-6H,19H2,1H3,(H2,20,24)(H,21,22,23);3-6,13H,2,7-10H2,1H3,(H,18,19). The minimum absolute atomic E-state index is 0.0559. The minimum atomic E-state index is -0.794. The fraction of sp³-hybridized carbons (Fsp3) is 0.267. The number of methoxy groups -OCH3 is 1. The fourth-order valence-electron chi connectivity index (χ4n) is 4.31. The molecule has 3 aromatic carbocycles. The Balaban J connectivity index is 0.000000251. The van der Waals surface area contributed by atoms with E-state index >= 15 is 0 Å². The first-order chi connectivity index (χ1) is 21.0. The van der Waals surface area contributed by atoms with E-state index in [1.807, 2.05) is 31.2 Å². The van der Waals surface area contributed by atoms with Crippen molar-refractivity contribution >= 4 is 80.5 Å². The molecule has 0 bridgehead atoms. The van der Waals surface area contributed by atoms with Gasteiger partial charge in [0.15, 0.2) is 0 Å². The predicted molar refractivity (Wildman–Crippen MR) is 174 cm³/mol. The number of aliphatic carboxylic acids is 1. The number of nitrogens with one attached hydrogen (secondary N) is 1. The first kappa shape index (κ1) is 34.4. The number of rotatable bonds is 12. The monoisotopic (exact) mass is 664 g/mol. The molecule has 44 heavy (non-hydrogen) atoms. The number of amides is 1. The maximum atomic E-state index is 13.3. The summed E-state index contributed by atoms with van der Waals surface area (Å²) in [4.78, 5) is 32.9. The Morgan fingerprint density at radius 2 is 1.73 bits per heavy atom. The number of carboxylic acids is 1. The van der Waals surface area contributed by atoms with E-state index in [4.69, 9.17) is 56.1 Å². The summed E-state index contributed by atoms with van der Waals surface area (Å²) in [5.41, 5.74) is 14.3. The number of aromatic nitrogens is 2. The SMILES string of the molecule is CCC(C(=O)O)c1ccc(N(CCCl)CCCl)cc1.COc1cc2nc(C(N)=O)nc(Nc3ccc(F)c(Cl)c3)c2cc1N. The Labute approximate surface area is 269 Å². The number of carboxylic acid groups (broad SMARTS) is 1. The third kappa shape index (κ3) is 8.75. The van der Waals surface area contributed by atoms with Gasteiger partial charge in [-0.05, 0) is 48.4 Å². The molecule has 0 spiro atoms. The van der Waals surface area contributed by atoms with E-state index in [0.717, 1.165) is 24.3 Å². The summed E-state index contributed by atoms with van der Waals surface area (Å²) >= 11 is 17.3. The number of anilines is 4. The van der Waals surface area contributed by atoms with E-state index in [9.17, 15) is 14.0 Å². The topological polar surface area (TPSA) is 157 Å². The van der Waals surface area contributed by atoms with Crippen molar-refractivity contribution in [3.8, 4) is 5.75 Å². The maximum Gasteiger partial charge on any atom is 0.310 e. The van der Waals surface area contributed by atoms with Crippen molar-refractivity contribution in [3.63, 3.8) is 0 Å². The second kappa shape index (κ2) is 16.1. The highest BCUT2D eigenvalue weighted by Crippen LogP contribution is 2.32. The average molecular weight is 666 g/mol. The molecule has 0 aliphatic carbocycles. The van der Waals surface area contributed by atoms with Crippen molar-refractivity contribution in [2.24, 2.45) is 5.73 Å². The van der Waals surface area contributed by atoms with Gasteiger partial charge in [0.2, 0.25) is 5.82 Å². The van der Waals surface area contributed by atoms with Crippen molar-refractivity contribution < 1.29 is 23.8 Å². The summed E-state index contributed by atoms with van der Waals surface area (Å²) in [5, 5.41) is 12.6. The molecule has 4 rings (SSSR count). The van der Waals surface area contributed by atoms with Gasteiger partial charge in [-0.2, -0.15) is 0 Å². The van der Waals surface area contributed by atoms with E-state index in [1.165, 1.54) is 25.3 Å². The fourth-order valence-corrected chi connectivity index (χ4v) is 4.90. The number of nitrogens with two attached hydrogens (primary N) is 2. The van der Waals surface area contributed by atoms with Gasteiger partial charge in [0.25, 0.3) is 5.91 Å². The number of carbonyl (C=O) groups excluding carboxylic acids is 1. The van der Waals surface area contributed by atoms with Gasteiger partial charge in [-0.25, -0.2) is 14.4 Å². The molecule has 1 unspecified atom stereocenters. The van der Waals surface area contributed by atoms with E-state index in [1.54, 1.807) is 12.1 Å². The molecule has 6 N–H and O–H groups in total. The van der Waals surface area contributed by atoms with Crippen molar-refractivity contribution in [3.05, 3.63) is 76.8 Å². The third-order valence-electron chi connectivity index (χ3n) is 6.53. The lowest BCUT2D eigenvalue weighted by atomic mass is 9.96. The molecular weight excluding hydrogens is 634 g/mol. The first-order valence-electron chi connectivity index (χ1n) is 13.4. The van der Waals surface area contributed by atoms with E-state index in [-0.39, 0.29) is 16.7 Å². The smallest absolute Gasteiger partial charge is 0.310 e. The van der Waals surface area contributed by atoms with Crippen LogP contribution in [0.15, 0.2) is 54.6 Å². The summed E-state index contributed by atoms with van der Waals surface area (Å²) in [5.74, 6) is -1.01. The van der Waals surface area contributed by atoms with Gasteiger partial charge in [-0.3, -0.25) is 9.59 Å². The lowest BCUT2D eigenvalue weighted by molar-refractivity contribution is -0.138. The number of nitrogen functional groups attached to an aromatic ring is 1. The number of alkyl halides is 2. The Kier molecular flexibility index (Phi) is 12.6. The molecule has 4 aromatic rings. The molecule has 1 amide bonds. The van der Waals surface area contributed by atoms with Crippen LogP contribution in [0.3, 0.4) is 0 Å². The molecule has 0 aliphatic heterocycles. The number of carbonyl (C=O) groups is 2. The number of fused-ring (bicyclic) bond motifs is 1. The summed E-state index contributed by atoms with van der Waals surface area (Å²) in [6.45, 7) is 3.33. The highest BCUT2D eigenvalue weighted by molar-refractivity contribution is 6.31. The zero-order valence-electron chi connectivity index (χ0n) is 24.0. The van der Waals surface area contributed by atoms with Crippen molar-refractivity contribution in [1.82, 2.24) is 9.97 Å². The lowest BCUT2D eigenvalue weighted by Crippen LogP contribution is -2.27. The Hall–Kier alpha value is -4.06. The molecule has 0 radical (unpaired) electrons. The van der Waals surface area contributed by atoms with Crippen LogP contribution >= 0.6 is 34.8 Å². The Morgan fingerprint density at radius 1 is 1.07 bits per heavy atom. The van der Waals surface area contributed by atoms with E-state index < -0.39 is 23.6 Å². The Bertz CT molecular complexity index is 1600. The number of hydrogen-bond donors (Lipinski definition) is 4. The third-order valence-corrected chi connectivity index (χ3v) is 7.15. The molecule has 1 aromatic heterocycles. The molecule has 10 nitrogen and oxygen atoms in total. The largest absolute Gasteiger partial charge is 0.495 e. The van der Waals surface area contributed by atoms with Crippen molar-refractivity contribution in [1.29, 1.82) is 0 Å². The number of nitrogens with zero attached hydrogens (tertiary/aromatic N) is 3. The number of hydrogen-bond acceptors (Lipinski definition) is 8. The predicted octanol–water partition coefficient (Wildman–Crippen LogP) is 6.40. The summed E-state index contributed by atoms with van der Waals surface area (Å²) in [7, 11) is 1.47. The van der Waals surface area contributed by atoms with Crippen molar-refractivity contribution in [2.45, 2.75) is 19.3 Å². The Morgan fingerprint density at radius 3 is 2.25 bits per heavy atom. The minimum Gasteiger partial charge on any atom is -0.495 e. The molecule has 0 aliphatic rings. The van der Waals surface area contributed by atoms with Crippen molar-refractivity contribution in [2.75, 3.05) is 47.9 Å². The van der Waals surface area contributed by atoms with Crippen LogP contribution in [0.5, 0.6) is 5.75 Å². The van der Waals surface area contributed by atoms with Crippen LogP contribution < -0.4 is 26.4 Å².